The highest BCUT2D eigenvalue weighted by molar-refractivity contribution is 5.81. The van der Waals surface area contributed by atoms with Crippen LogP contribution in [0.4, 0.5) is 5.69 Å². The van der Waals surface area contributed by atoms with Gasteiger partial charge in [-0.15, -0.1) is 0 Å². The summed E-state index contributed by atoms with van der Waals surface area (Å²) in [7, 11) is 0. The highest BCUT2D eigenvalue weighted by atomic mass is 16.2. The zero-order valence-electron chi connectivity index (χ0n) is 17.7. The van der Waals surface area contributed by atoms with Gasteiger partial charge in [-0.2, -0.15) is 0 Å². The van der Waals surface area contributed by atoms with E-state index in [9.17, 15) is 9.59 Å². The van der Waals surface area contributed by atoms with Crippen LogP contribution in [0, 0.1) is 0 Å². The standard InChI is InChI=1S/C22H31N5O2/c1-16(2)27-15-23-21-13-18(6-7-20(21)22(27)29)25-11-9-24(10-12-25)14-19-5-4-8-26(19)17(3)28/h6-7,13,15-16,19H,4-5,8-12,14H2,1-3H3. The Morgan fingerprint density at radius 2 is 1.93 bits per heavy atom. The normalized spacial score (nSPS) is 20.8. The van der Waals surface area contributed by atoms with E-state index in [0.29, 0.717) is 11.4 Å². The molecule has 0 radical (unpaired) electrons. The Morgan fingerprint density at radius 1 is 1.17 bits per heavy atom. The average Bonchev–Trinajstić information content (AvgIpc) is 3.17. The maximum atomic E-state index is 12.6. The lowest BCUT2D eigenvalue weighted by Crippen LogP contribution is -2.51. The highest BCUT2D eigenvalue weighted by Crippen LogP contribution is 2.23. The van der Waals surface area contributed by atoms with Crippen molar-refractivity contribution >= 4 is 22.5 Å². The first-order valence-corrected chi connectivity index (χ1v) is 10.7. The number of likely N-dealkylation sites (tertiary alicyclic amines) is 1. The van der Waals surface area contributed by atoms with Crippen molar-refractivity contribution in [2.75, 3.05) is 44.2 Å². The van der Waals surface area contributed by atoms with Gasteiger partial charge in [0, 0.05) is 64.0 Å². The average molecular weight is 398 g/mol. The fourth-order valence-electron chi connectivity index (χ4n) is 4.61. The lowest BCUT2D eigenvalue weighted by molar-refractivity contribution is -0.129. The summed E-state index contributed by atoms with van der Waals surface area (Å²) in [6, 6.07) is 6.46. The minimum atomic E-state index is 0.0213. The van der Waals surface area contributed by atoms with E-state index in [-0.39, 0.29) is 17.5 Å². The zero-order valence-corrected chi connectivity index (χ0v) is 17.7. The lowest BCUT2D eigenvalue weighted by Gasteiger charge is -2.38. The Kier molecular flexibility index (Phi) is 5.58. The number of aromatic nitrogens is 2. The minimum Gasteiger partial charge on any atom is -0.369 e. The summed E-state index contributed by atoms with van der Waals surface area (Å²) < 4.78 is 1.67. The first-order valence-electron chi connectivity index (χ1n) is 10.7. The van der Waals surface area contributed by atoms with Crippen LogP contribution in [-0.2, 0) is 4.79 Å². The van der Waals surface area contributed by atoms with E-state index in [1.165, 1.54) is 0 Å². The van der Waals surface area contributed by atoms with Gasteiger partial charge < -0.3 is 9.80 Å². The number of benzene rings is 1. The third kappa shape index (κ3) is 4.01. The molecular weight excluding hydrogens is 366 g/mol. The van der Waals surface area contributed by atoms with Gasteiger partial charge in [0.15, 0.2) is 0 Å². The smallest absolute Gasteiger partial charge is 0.261 e. The predicted molar refractivity (Wildman–Crippen MR) is 115 cm³/mol. The van der Waals surface area contributed by atoms with Crippen molar-refractivity contribution in [2.24, 2.45) is 0 Å². The Bertz CT molecular complexity index is 946. The third-order valence-corrected chi connectivity index (χ3v) is 6.31. The SMILES string of the molecule is CC(=O)N1CCCC1CN1CCN(c2ccc3c(=O)n(C(C)C)cnc3c2)CC1. The molecule has 1 unspecified atom stereocenters. The molecule has 2 saturated heterocycles. The van der Waals surface area contributed by atoms with E-state index >= 15 is 0 Å². The Balaban J connectivity index is 1.42. The number of nitrogens with zero attached hydrogens (tertiary/aromatic N) is 5. The summed E-state index contributed by atoms with van der Waals surface area (Å²) in [5, 5.41) is 0.675. The van der Waals surface area contributed by atoms with Crippen LogP contribution in [-0.4, -0.2) is 70.6 Å². The molecule has 2 fully saturated rings. The number of carbonyl (C=O) groups is 1. The first-order chi connectivity index (χ1) is 13.9. The second kappa shape index (κ2) is 8.14. The van der Waals surface area contributed by atoms with Crippen LogP contribution in [0.1, 0.15) is 39.7 Å². The van der Waals surface area contributed by atoms with Crippen molar-refractivity contribution < 1.29 is 4.79 Å². The van der Waals surface area contributed by atoms with Crippen molar-refractivity contribution in [2.45, 2.75) is 45.7 Å². The number of hydrogen-bond donors (Lipinski definition) is 0. The number of amides is 1. The number of rotatable bonds is 4. The molecule has 7 heteroatoms. The van der Waals surface area contributed by atoms with Gasteiger partial charge in [-0.05, 0) is 44.9 Å². The predicted octanol–water partition coefficient (Wildman–Crippen LogP) is 2.11. The summed E-state index contributed by atoms with van der Waals surface area (Å²) in [4.78, 5) is 35.8. The molecule has 29 heavy (non-hydrogen) atoms. The van der Waals surface area contributed by atoms with Crippen molar-refractivity contribution in [3.63, 3.8) is 0 Å². The monoisotopic (exact) mass is 397 g/mol. The van der Waals surface area contributed by atoms with Crippen molar-refractivity contribution in [1.82, 2.24) is 19.4 Å². The topological polar surface area (TPSA) is 61.7 Å². The fraction of sp³-hybridized carbons (Fsp3) is 0.591. The summed E-state index contributed by atoms with van der Waals surface area (Å²) in [6.07, 6.45) is 3.89. The van der Waals surface area contributed by atoms with Gasteiger partial charge in [-0.25, -0.2) is 4.98 Å². The molecule has 156 valence electrons. The molecule has 1 atom stereocenters. The molecule has 0 bridgehead atoms. The second-order valence-electron chi connectivity index (χ2n) is 8.55. The molecule has 7 nitrogen and oxygen atoms in total. The number of anilines is 1. The molecule has 0 aliphatic carbocycles. The molecule has 0 N–H and O–H groups in total. The molecule has 4 rings (SSSR count). The van der Waals surface area contributed by atoms with E-state index in [1.54, 1.807) is 17.8 Å². The van der Waals surface area contributed by atoms with Crippen molar-refractivity contribution in [1.29, 1.82) is 0 Å². The van der Waals surface area contributed by atoms with Crippen LogP contribution in [0.15, 0.2) is 29.3 Å². The Morgan fingerprint density at radius 3 is 2.62 bits per heavy atom. The molecule has 2 aromatic rings. The van der Waals surface area contributed by atoms with Crippen LogP contribution in [0.25, 0.3) is 10.9 Å². The molecule has 1 aromatic carbocycles. The van der Waals surface area contributed by atoms with Crippen LogP contribution in [0.5, 0.6) is 0 Å². The first kappa shape index (κ1) is 19.9. The zero-order chi connectivity index (χ0) is 20.5. The fourth-order valence-corrected chi connectivity index (χ4v) is 4.61. The van der Waals surface area contributed by atoms with E-state index in [4.69, 9.17) is 0 Å². The molecule has 0 saturated carbocycles. The van der Waals surface area contributed by atoms with Gasteiger partial charge >= 0.3 is 0 Å². The maximum absolute atomic E-state index is 12.6. The van der Waals surface area contributed by atoms with Crippen molar-refractivity contribution in [3.8, 4) is 0 Å². The van der Waals surface area contributed by atoms with Crippen LogP contribution in [0.2, 0.25) is 0 Å². The van der Waals surface area contributed by atoms with Gasteiger partial charge in [0.25, 0.3) is 5.56 Å². The number of carbonyl (C=O) groups excluding carboxylic acids is 1. The highest BCUT2D eigenvalue weighted by Gasteiger charge is 2.29. The van der Waals surface area contributed by atoms with Crippen LogP contribution < -0.4 is 10.5 Å². The van der Waals surface area contributed by atoms with Gasteiger partial charge in [0.05, 0.1) is 17.2 Å². The molecule has 1 aromatic heterocycles. The molecule has 3 heterocycles. The Hall–Kier alpha value is -2.41. The number of fused-ring (bicyclic) bond motifs is 1. The summed E-state index contributed by atoms with van der Waals surface area (Å²) in [5.74, 6) is 0.200. The number of hydrogen-bond acceptors (Lipinski definition) is 5. The van der Waals surface area contributed by atoms with E-state index in [2.05, 4.69) is 14.8 Å². The molecule has 1 amide bonds. The summed E-state index contributed by atoms with van der Waals surface area (Å²) in [6.45, 7) is 11.4. The Labute approximate surface area is 171 Å². The summed E-state index contributed by atoms with van der Waals surface area (Å²) >= 11 is 0. The minimum absolute atomic E-state index is 0.0213. The molecule has 2 aliphatic rings. The third-order valence-electron chi connectivity index (χ3n) is 6.31. The lowest BCUT2D eigenvalue weighted by atomic mass is 10.1. The quantitative estimate of drug-likeness (QED) is 0.791. The van der Waals surface area contributed by atoms with Crippen LogP contribution in [0.3, 0.4) is 0 Å². The van der Waals surface area contributed by atoms with E-state index in [0.717, 1.165) is 63.3 Å². The molecule has 2 aliphatic heterocycles. The molecular formula is C22H31N5O2. The van der Waals surface area contributed by atoms with E-state index < -0.39 is 0 Å². The van der Waals surface area contributed by atoms with Crippen LogP contribution >= 0.6 is 0 Å². The van der Waals surface area contributed by atoms with Gasteiger partial charge in [0.2, 0.25) is 5.91 Å². The number of piperazine rings is 1. The molecule has 0 spiro atoms. The van der Waals surface area contributed by atoms with Gasteiger partial charge in [-0.1, -0.05) is 0 Å². The van der Waals surface area contributed by atoms with Gasteiger partial charge in [0.1, 0.15) is 0 Å². The van der Waals surface area contributed by atoms with Crippen molar-refractivity contribution in [3.05, 3.63) is 34.9 Å². The largest absolute Gasteiger partial charge is 0.369 e. The summed E-state index contributed by atoms with van der Waals surface area (Å²) in [5.41, 5.74) is 1.90. The second-order valence-corrected chi connectivity index (χ2v) is 8.55. The van der Waals surface area contributed by atoms with E-state index in [1.807, 2.05) is 36.9 Å². The maximum Gasteiger partial charge on any atom is 0.261 e. The van der Waals surface area contributed by atoms with Gasteiger partial charge in [-0.3, -0.25) is 19.1 Å².